The van der Waals surface area contributed by atoms with E-state index in [9.17, 15) is 15.0 Å². The van der Waals surface area contributed by atoms with Crippen LogP contribution in [0.25, 0.3) is 11.8 Å². The maximum atomic E-state index is 12.5. The largest absolute Gasteiger partial charge is 0.397 e. The SMILES string of the molecule is C=Cc1c(/C(N)=C\C)n(C)c(=O)n1C1CCC(O)NC1O. The Labute approximate surface area is 123 Å². The van der Waals surface area contributed by atoms with E-state index in [0.29, 0.717) is 29.9 Å². The van der Waals surface area contributed by atoms with Crippen LogP contribution in [0.2, 0.25) is 0 Å². The maximum absolute atomic E-state index is 12.5. The van der Waals surface area contributed by atoms with Crippen molar-refractivity contribution in [1.82, 2.24) is 14.5 Å². The summed E-state index contributed by atoms with van der Waals surface area (Å²) in [6, 6.07) is -0.474. The van der Waals surface area contributed by atoms with Crippen molar-refractivity contribution >= 4 is 11.8 Å². The zero-order chi connectivity index (χ0) is 15.7. The molecule has 1 fully saturated rings. The number of allylic oxidation sites excluding steroid dienone is 1. The van der Waals surface area contributed by atoms with Crippen LogP contribution in [0.15, 0.2) is 17.4 Å². The molecule has 1 aromatic rings. The lowest BCUT2D eigenvalue weighted by Gasteiger charge is -2.33. The van der Waals surface area contributed by atoms with Crippen LogP contribution in [0.1, 0.15) is 37.2 Å². The Morgan fingerprint density at radius 3 is 2.67 bits per heavy atom. The van der Waals surface area contributed by atoms with Gasteiger partial charge in [-0.2, -0.15) is 0 Å². The summed E-state index contributed by atoms with van der Waals surface area (Å²) in [6.45, 7) is 5.54. The average Bonchev–Trinajstić information content (AvgIpc) is 2.70. The van der Waals surface area contributed by atoms with Gasteiger partial charge in [0.05, 0.1) is 23.1 Å². The Kier molecular flexibility index (Phi) is 4.36. The van der Waals surface area contributed by atoms with Crippen molar-refractivity contribution < 1.29 is 10.2 Å². The summed E-state index contributed by atoms with van der Waals surface area (Å²) >= 11 is 0. The second kappa shape index (κ2) is 5.88. The van der Waals surface area contributed by atoms with Crippen LogP contribution >= 0.6 is 0 Å². The van der Waals surface area contributed by atoms with E-state index in [0.717, 1.165) is 0 Å². The molecular formula is C14H22N4O3. The third-order valence-electron chi connectivity index (χ3n) is 3.90. The molecule has 0 spiro atoms. The predicted molar refractivity (Wildman–Crippen MR) is 81.0 cm³/mol. The van der Waals surface area contributed by atoms with Crippen molar-refractivity contribution in [2.75, 3.05) is 0 Å². The molecule has 0 saturated carbocycles. The number of hydrogen-bond acceptors (Lipinski definition) is 5. The first-order chi connectivity index (χ1) is 9.92. The lowest BCUT2D eigenvalue weighted by molar-refractivity contribution is -0.0287. The molecule has 3 unspecified atom stereocenters. The molecule has 7 heteroatoms. The van der Waals surface area contributed by atoms with Gasteiger partial charge in [0.25, 0.3) is 0 Å². The van der Waals surface area contributed by atoms with Gasteiger partial charge in [0.1, 0.15) is 12.5 Å². The minimum atomic E-state index is -1.01. The quantitative estimate of drug-likeness (QED) is 0.613. The van der Waals surface area contributed by atoms with Crippen LogP contribution < -0.4 is 16.7 Å². The Morgan fingerprint density at radius 1 is 1.48 bits per heavy atom. The Bertz CT molecular complexity index is 629. The predicted octanol–water partition coefficient (Wildman–Crippen LogP) is -0.289. The number of aliphatic hydroxyl groups is 2. The van der Waals surface area contributed by atoms with E-state index in [1.54, 1.807) is 26.1 Å². The highest BCUT2D eigenvalue weighted by Gasteiger charge is 2.32. The van der Waals surface area contributed by atoms with E-state index < -0.39 is 18.5 Å². The normalized spacial score (nSPS) is 26.9. The highest BCUT2D eigenvalue weighted by atomic mass is 16.3. The number of nitrogens with one attached hydrogen (secondary N) is 1. The zero-order valence-corrected chi connectivity index (χ0v) is 12.3. The van der Waals surface area contributed by atoms with Crippen LogP contribution in [0.3, 0.4) is 0 Å². The van der Waals surface area contributed by atoms with Gasteiger partial charge in [0.15, 0.2) is 0 Å². The molecule has 7 nitrogen and oxygen atoms in total. The van der Waals surface area contributed by atoms with E-state index in [4.69, 9.17) is 5.73 Å². The number of nitrogens with two attached hydrogens (primary N) is 1. The zero-order valence-electron chi connectivity index (χ0n) is 12.3. The van der Waals surface area contributed by atoms with E-state index in [1.165, 1.54) is 9.13 Å². The molecule has 2 rings (SSSR count). The summed E-state index contributed by atoms with van der Waals surface area (Å²) < 4.78 is 2.94. The molecule has 1 aliphatic heterocycles. The fourth-order valence-electron chi connectivity index (χ4n) is 2.79. The number of nitrogens with zero attached hydrogens (tertiary/aromatic N) is 2. The van der Waals surface area contributed by atoms with Gasteiger partial charge in [-0.05, 0) is 25.8 Å². The monoisotopic (exact) mass is 294 g/mol. The van der Waals surface area contributed by atoms with E-state index in [1.807, 2.05) is 0 Å². The fourth-order valence-corrected chi connectivity index (χ4v) is 2.79. The summed E-state index contributed by atoms with van der Waals surface area (Å²) in [4.78, 5) is 12.5. The summed E-state index contributed by atoms with van der Waals surface area (Å²) in [5.74, 6) is 0. The van der Waals surface area contributed by atoms with Gasteiger partial charge >= 0.3 is 5.69 Å². The molecule has 5 N–H and O–H groups in total. The number of aromatic nitrogens is 2. The highest BCUT2D eigenvalue weighted by molar-refractivity contribution is 5.68. The lowest BCUT2D eigenvalue weighted by Crippen LogP contribution is -2.50. The number of rotatable bonds is 3. The summed E-state index contributed by atoms with van der Waals surface area (Å²) in [7, 11) is 1.63. The second-order valence-corrected chi connectivity index (χ2v) is 5.17. The number of piperidine rings is 1. The first-order valence-corrected chi connectivity index (χ1v) is 6.90. The minimum Gasteiger partial charge on any atom is -0.397 e. The highest BCUT2D eigenvalue weighted by Crippen LogP contribution is 2.26. The summed E-state index contributed by atoms with van der Waals surface area (Å²) in [6.07, 6.45) is 2.44. The molecule has 116 valence electrons. The van der Waals surface area contributed by atoms with Crippen molar-refractivity contribution in [3.05, 3.63) is 34.5 Å². The molecule has 0 aromatic carbocycles. The molecule has 1 saturated heterocycles. The van der Waals surface area contributed by atoms with E-state index >= 15 is 0 Å². The van der Waals surface area contributed by atoms with Gasteiger partial charge < -0.3 is 15.9 Å². The van der Waals surface area contributed by atoms with Gasteiger partial charge in [-0.1, -0.05) is 12.7 Å². The lowest BCUT2D eigenvalue weighted by atomic mass is 10.0. The molecule has 0 aliphatic carbocycles. The molecule has 0 bridgehead atoms. The molecule has 0 amide bonds. The molecule has 2 heterocycles. The first kappa shape index (κ1) is 15.6. The van der Waals surface area contributed by atoms with Crippen LogP contribution in [0.4, 0.5) is 0 Å². The molecule has 1 aromatic heterocycles. The minimum absolute atomic E-state index is 0.271. The molecule has 0 radical (unpaired) electrons. The van der Waals surface area contributed by atoms with Crippen molar-refractivity contribution in [1.29, 1.82) is 0 Å². The third-order valence-corrected chi connectivity index (χ3v) is 3.90. The summed E-state index contributed by atoms with van der Waals surface area (Å²) in [5, 5.41) is 22.3. The Morgan fingerprint density at radius 2 is 2.14 bits per heavy atom. The Hall–Kier alpha value is -1.83. The van der Waals surface area contributed by atoms with Gasteiger partial charge in [-0.3, -0.25) is 14.5 Å². The van der Waals surface area contributed by atoms with E-state index in [-0.39, 0.29) is 5.69 Å². The topological polar surface area (TPSA) is 105 Å². The van der Waals surface area contributed by atoms with Crippen LogP contribution in [-0.2, 0) is 7.05 Å². The van der Waals surface area contributed by atoms with Crippen molar-refractivity contribution in [3.63, 3.8) is 0 Å². The van der Waals surface area contributed by atoms with E-state index in [2.05, 4.69) is 11.9 Å². The smallest absolute Gasteiger partial charge is 0.329 e. The molecule has 21 heavy (non-hydrogen) atoms. The second-order valence-electron chi connectivity index (χ2n) is 5.17. The molecular weight excluding hydrogens is 272 g/mol. The van der Waals surface area contributed by atoms with Crippen molar-refractivity contribution in [2.45, 2.75) is 38.3 Å². The van der Waals surface area contributed by atoms with Crippen LogP contribution in [-0.4, -0.2) is 31.8 Å². The van der Waals surface area contributed by atoms with Crippen LogP contribution in [0.5, 0.6) is 0 Å². The average molecular weight is 294 g/mol. The number of aliphatic hydroxyl groups excluding tert-OH is 2. The first-order valence-electron chi connectivity index (χ1n) is 6.90. The molecule has 3 atom stereocenters. The molecule has 1 aliphatic rings. The number of imidazole rings is 1. The maximum Gasteiger partial charge on any atom is 0.329 e. The standard InChI is InChI=1S/C14H22N4O3/c1-4-8(15)12-9(5-2)18(14(21)17(12)3)10-6-7-11(19)16-13(10)20/h4-5,10-11,13,16,19-20H,2,6-7,15H2,1,3H3/b8-4+. The van der Waals surface area contributed by atoms with Gasteiger partial charge in [0, 0.05) is 7.05 Å². The third kappa shape index (κ3) is 2.55. The fraction of sp³-hybridized carbons (Fsp3) is 0.500. The van der Waals surface area contributed by atoms with Crippen molar-refractivity contribution in [2.24, 2.45) is 12.8 Å². The summed E-state index contributed by atoms with van der Waals surface area (Å²) in [5.41, 5.74) is 7.31. The van der Waals surface area contributed by atoms with Crippen LogP contribution in [0, 0.1) is 0 Å². The number of hydrogen-bond donors (Lipinski definition) is 4. The Balaban J connectivity index is 2.59. The van der Waals surface area contributed by atoms with Gasteiger partial charge in [-0.25, -0.2) is 4.79 Å². The van der Waals surface area contributed by atoms with Gasteiger partial charge in [0.2, 0.25) is 0 Å². The van der Waals surface area contributed by atoms with Gasteiger partial charge in [-0.15, -0.1) is 0 Å². The van der Waals surface area contributed by atoms with Crippen molar-refractivity contribution in [3.8, 4) is 0 Å².